The predicted octanol–water partition coefficient (Wildman–Crippen LogP) is 1.98. The minimum absolute atomic E-state index is 0.144. The van der Waals surface area contributed by atoms with Crippen LogP contribution in [0.4, 0.5) is 4.39 Å². The zero-order valence-electron chi connectivity index (χ0n) is 8.09. The number of benzene rings is 1. The summed E-state index contributed by atoms with van der Waals surface area (Å²) in [5.41, 5.74) is 0.685. The third-order valence-electron chi connectivity index (χ3n) is 1.99. The first kappa shape index (κ1) is 10.2. The Morgan fingerprint density at radius 3 is 2.56 bits per heavy atom. The Hall–Kier alpha value is -2.30. The number of aromatic carboxylic acids is 1. The summed E-state index contributed by atoms with van der Waals surface area (Å²) in [6.45, 7) is 0. The first-order valence-electron chi connectivity index (χ1n) is 4.48. The molecule has 0 saturated carbocycles. The summed E-state index contributed by atoms with van der Waals surface area (Å²) in [5.74, 6) is -1.26. The van der Waals surface area contributed by atoms with Crippen LogP contribution in [0.25, 0.3) is 11.4 Å². The second-order valence-electron chi connectivity index (χ2n) is 3.11. The fraction of sp³-hybridized carbons (Fsp3) is 0. The van der Waals surface area contributed by atoms with Gasteiger partial charge in [0.25, 0.3) is 0 Å². The number of carbonyl (C=O) groups is 1. The van der Waals surface area contributed by atoms with E-state index in [1.807, 2.05) is 0 Å². The maximum atomic E-state index is 12.6. The van der Waals surface area contributed by atoms with Gasteiger partial charge in [-0.25, -0.2) is 19.2 Å². The lowest BCUT2D eigenvalue weighted by Gasteiger charge is -2.00. The van der Waals surface area contributed by atoms with E-state index in [2.05, 4.69) is 9.97 Å². The molecule has 16 heavy (non-hydrogen) atoms. The number of aromatic nitrogens is 2. The average molecular weight is 218 g/mol. The van der Waals surface area contributed by atoms with Gasteiger partial charge in [0, 0.05) is 5.56 Å². The molecule has 2 rings (SSSR count). The summed E-state index contributed by atoms with van der Waals surface area (Å²) >= 11 is 0. The van der Waals surface area contributed by atoms with Crippen LogP contribution in [0.1, 0.15) is 10.4 Å². The summed E-state index contributed by atoms with van der Waals surface area (Å²) in [4.78, 5) is 18.3. The molecule has 2 aromatic rings. The SMILES string of the molecule is O=C(O)c1cccc(-c2ncc(F)cn2)c1. The number of rotatable bonds is 2. The number of hydrogen-bond acceptors (Lipinski definition) is 3. The van der Waals surface area contributed by atoms with Gasteiger partial charge in [0.1, 0.15) is 0 Å². The average Bonchev–Trinajstić information content (AvgIpc) is 2.30. The largest absolute Gasteiger partial charge is 0.478 e. The van der Waals surface area contributed by atoms with Crippen molar-refractivity contribution in [2.45, 2.75) is 0 Å². The molecule has 0 atom stereocenters. The van der Waals surface area contributed by atoms with Crippen LogP contribution in [0.15, 0.2) is 36.7 Å². The number of nitrogens with zero attached hydrogens (tertiary/aromatic N) is 2. The van der Waals surface area contributed by atoms with Crippen molar-refractivity contribution in [2.24, 2.45) is 0 Å². The number of carboxylic acids is 1. The molecule has 80 valence electrons. The Morgan fingerprint density at radius 1 is 1.25 bits per heavy atom. The molecular formula is C11H7FN2O2. The van der Waals surface area contributed by atoms with Crippen LogP contribution in [-0.2, 0) is 0 Å². The fourth-order valence-electron chi connectivity index (χ4n) is 1.25. The Labute approximate surface area is 90.4 Å². The van der Waals surface area contributed by atoms with Crippen molar-refractivity contribution in [2.75, 3.05) is 0 Å². The molecule has 0 saturated heterocycles. The second-order valence-corrected chi connectivity index (χ2v) is 3.11. The van der Waals surface area contributed by atoms with Crippen molar-refractivity contribution in [1.82, 2.24) is 9.97 Å². The normalized spacial score (nSPS) is 10.1. The van der Waals surface area contributed by atoms with E-state index in [-0.39, 0.29) is 5.56 Å². The van der Waals surface area contributed by atoms with Crippen LogP contribution in [0.3, 0.4) is 0 Å². The zero-order chi connectivity index (χ0) is 11.5. The number of halogens is 1. The molecule has 1 heterocycles. The summed E-state index contributed by atoms with van der Waals surface area (Å²) in [5, 5.41) is 8.80. The van der Waals surface area contributed by atoms with Gasteiger partial charge in [-0.2, -0.15) is 0 Å². The monoisotopic (exact) mass is 218 g/mol. The quantitative estimate of drug-likeness (QED) is 0.837. The highest BCUT2D eigenvalue weighted by Crippen LogP contribution is 2.15. The van der Waals surface area contributed by atoms with Crippen LogP contribution in [0.2, 0.25) is 0 Å². The van der Waals surface area contributed by atoms with Crippen LogP contribution < -0.4 is 0 Å². The maximum absolute atomic E-state index is 12.6. The summed E-state index contributed by atoms with van der Waals surface area (Å²) in [6.07, 6.45) is 2.07. The molecule has 0 aliphatic heterocycles. The van der Waals surface area contributed by atoms with Crippen molar-refractivity contribution in [1.29, 1.82) is 0 Å². The van der Waals surface area contributed by atoms with Crippen LogP contribution in [-0.4, -0.2) is 21.0 Å². The van der Waals surface area contributed by atoms with E-state index in [0.717, 1.165) is 12.4 Å². The van der Waals surface area contributed by atoms with Crippen molar-refractivity contribution < 1.29 is 14.3 Å². The highest BCUT2D eigenvalue weighted by molar-refractivity contribution is 5.89. The van der Waals surface area contributed by atoms with Gasteiger partial charge in [0.2, 0.25) is 0 Å². The molecule has 0 radical (unpaired) electrons. The molecule has 0 aliphatic carbocycles. The summed E-state index contributed by atoms with van der Waals surface area (Å²) in [6, 6.07) is 6.16. The molecule has 4 nitrogen and oxygen atoms in total. The van der Waals surface area contributed by atoms with E-state index in [1.54, 1.807) is 12.1 Å². The molecule has 0 spiro atoms. The third kappa shape index (κ3) is 2.03. The first-order valence-corrected chi connectivity index (χ1v) is 4.48. The lowest BCUT2D eigenvalue weighted by Crippen LogP contribution is -1.97. The highest BCUT2D eigenvalue weighted by Gasteiger charge is 2.06. The van der Waals surface area contributed by atoms with Gasteiger partial charge in [-0.05, 0) is 12.1 Å². The first-order chi connectivity index (χ1) is 7.66. The van der Waals surface area contributed by atoms with E-state index >= 15 is 0 Å². The topological polar surface area (TPSA) is 63.1 Å². The number of carboxylic acid groups (broad SMARTS) is 1. The molecular weight excluding hydrogens is 211 g/mol. The number of hydrogen-bond donors (Lipinski definition) is 1. The minimum Gasteiger partial charge on any atom is -0.478 e. The zero-order valence-corrected chi connectivity index (χ0v) is 8.09. The van der Waals surface area contributed by atoms with E-state index in [9.17, 15) is 9.18 Å². The van der Waals surface area contributed by atoms with E-state index in [0.29, 0.717) is 11.4 Å². The van der Waals surface area contributed by atoms with Crippen LogP contribution in [0.5, 0.6) is 0 Å². The van der Waals surface area contributed by atoms with Crippen LogP contribution in [0, 0.1) is 5.82 Å². The Kier molecular flexibility index (Phi) is 2.59. The Bertz CT molecular complexity index is 526. The van der Waals surface area contributed by atoms with Gasteiger partial charge in [0.15, 0.2) is 11.6 Å². The van der Waals surface area contributed by atoms with Crippen LogP contribution >= 0.6 is 0 Å². The minimum atomic E-state index is -1.02. The van der Waals surface area contributed by atoms with Crippen molar-refractivity contribution in [3.8, 4) is 11.4 Å². The van der Waals surface area contributed by atoms with Crippen molar-refractivity contribution in [3.05, 3.63) is 48.0 Å². The lowest BCUT2D eigenvalue weighted by molar-refractivity contribution is 0.0697. The smallest absolute Gasteiger partial charge is 0.335 e. The molecule has 0 bridgehead atoms. The fourth-order valence-corrected chi connectivity index (χ4v) is 1.25. The molecule has 1 aromatic heterocycles. The van der Waals surface area contributed by atoms with E-state index in [4.69, 9.17) is 5.11 Å². The standard InChI is InChI=1S/C11H7FN2O2/c12-9-5-13-10(14-6-9)7-2-1-3-8(4-7)11(15)16/h1-6H,(H,15,16). The second kappa shape index (κ2) is 4.06. The van der Waals surface area contributed by atoms with E-state index < -0.39 is 11.8 Å². The molecule has 0 amide bonds. The van der Waals surface area contributed by atoms with E-state index in [1.165, 1.54) is 12.1 Å². The Morgan fingerprint density at radius 2 is 1.94 bits per heavy atom. The van der Waals surface area contributed by atoms with Gasteiger partial charge in [0.05, 0.1) is 18.0 Å². The van der Waals surface area contributed by atoms with Crippen molar-refractivity contribution >= 4 is 5.97 Å². The Balaban J connectivity index is 2.44. The third-order valence-corrected chi connectivity index (χ3v) is 1.99. The van der Waals surface area contributed by atoms with Gasteiger partial charge in [-0.3, -0.25) is 0 Å². The van der Waals surface area contributed by atoms with Crippen molar-refractivity contribution in [3.63, 3.8) is 0 Å². The summed E-state index contributed by atoms with van der Waals surface area (Å²) < 4.78 is 12.6. The highest BCUT2D eigenvalue weighted by atomic mass is 19.1. The van der Waals surface area contributed by atoms with Gasteiger partial charge in [-0.1, -0.05) is 12.1 Å². The summed E-state index contributed by atoms with van der Waals surface area (Å²) in [7, 11) is 0. The molecule has 0 aliphatic rings. The molecule has 1 aromatic carbocycles. The maximum Gasteiger partial charge on any atom is 0.335 e. The predicted molar refractivity (Wildman–Crippen MR) is 54.4 cm³/mol. The molecule has 1 N–H and O–H groups in total. The molecule has 5 heteroatoms. The molecule has 0 fully saturated rings. The molecule has 0 unspecified atom stereocenters. The van der Waals surface area contributed by atoms with Gasteiger partial charge < -0.3 is 5.11 Å². The van der Waals surface area contributed by atoms with Gasteiger partial charge in [-0.15, -0.1) is 0 Å². The lowest BCUT2D eigenvalue weighted by atomic mass is 10.1. The van der Waals surface area contributed by atoms with Gasteiger partial charge >= 0.3 is 5.97 Å².